The standard InChI is InChI=1S/C14H19N5O/c20-14(11-6-2-1-4-8-15-11)16-10-13-18-17-12-7-3-5-9-19(12)13/h3,5,7,9,11,15H,1-2,4,6,8,10H2,(H,16,20). The monoisotopic (exact) mass is 273 g/mol. The van der Waals surface area contributed by atoms with Gasteiger partial charge in [0.05, 0.1) is 12.6 Å². The van der Waals surface area contributed by atoms with Gasteiger partial charge < -0.3 is 10.6 Å². The van der Waals surface area contributed by atoms with E-state index >= 15 is 0 Å². The zero-order chi connectivity index (χ0) is 13.8. The third-order valence-electron chi connectivity index (χ3n) is 3.68. The maximum absolute atomic E-state index is 12.2. The number of nitrogens with zero attached hydrogens (tertiary/aromatic N) is 3. The number of rotatable bonds is 3. The van der Waals surface area contributed by atoms with Gasteiger partial charge in [-0.15, -0.1) is 10.2 Å². The maximum Gasteiger partial charge on any atom is 0.237 e. The summed E-state index contributed by atoms with van der Waals surface area (Å²) in [6, 6.07) is 5.67. The molecule has 6 heteroatoms. The SMILES string of the molecule is O=C(NCc1nnc2ccccn12)C1CCCCCN1. The molecule has 0 saturated carbocycles. The van der Waals surface area contributed by atoms with E-state index in [-0.39, 0.29) is 11.9 Å². The Labute approximate surface area is 117 Å². The van der Waals surface area contributed by atoms with Crippen molar-refractivity contribution in [2.24, 2.45) is 0 Å². The minimum atomic E-state index is -0.0725. The Balaban J connectivity index is 1.62. The van der Waals surface area contributed by atoms with Crippen LogP contribution >= 0.6 is 0 Å². The summed E-state index contributed by atoms with van der Waals surface area (Å²) in [5, 5.41) is 14.4. The van der Waals surface area contributed by atoms with E-state index in [9.17, 15) is 4.79 Å². The van der Waals surface area contributed by atoms with Gasteiger partial charge in [-0.2, -0.15) is 0 Å². The van der Waals surface area contributed by atoms with Gasteiger partial charge in [-0.25, -0.2) is 0 Å². The summed E-state index contributed by atoms with van der Waals surface area (Å²) in [5.74, 6) is 0.808. The minimum Gasteiger partial charge on any atom is -0.347 e. The highest BCUT2D eigenvalue weighted by Gasteiger charge is 2.19. The lowest BCUT2D eigenvalue weighted by Crippen LogP contribution is -2.43. The summed E-state index contributed by atoms with van der Waals surface area (Å²) in [6.07, 6.45) is 6.27. The first-order valence-corrected chi connectivity index (χ1v) is 7.14. The Morgan fingerprint density at radius 1 is 1.35 bits per heavy atom. The number of hydrogen-bond acceptors (Lipinski definition) is 4. The highest BCUT2D eigenvalue weighted by Crippen LogP contribution is 2.09. The molecule has 0 bridgehead atoms. The summed E-state index contributed by atoms with van der Waals surface area (Å²) in [5.41, 5.74) is 0.796. The van der Waals surface area contributed by atoms with Crippen molar-refractivity contribution in [3.8, 4) is 0 Å². The van der Waals surface area contributed by atoms with Crippen LogP contribution in [0.25, 0.3) is 5.65 Å². The molecule has 1 amide bonds. The summed E-state index contributed by atoms with van der Waals surface area (Å²) >= 11 is 0. The van der Waals surface area contributed by atoms with Crippen molar-refractivity contribution in [2.45, 2.75) is 38.3 Å². The number of pyridine rings is 1. The summed E-state index contributed by atoms with van der Waals surface area (Å²) in [4.78, 5) is 12.2. The largest absolute Gasteiger partial charge is 0.347 e. The number of nitrogens with one attached hydrogen (secondary N) is 2. The molecular weight excluding hydrogens is 254 g/mol. The van der Waals surface area contributed by atoms with Crippen molar-refractivity contribution < 1.29 is 4.79 Å². The zero-order valence-corrected chi connectivity index (χ0v) is 11.4. The van der Waals surface area contributed by atoms with Gasteiger partial charge in [-0.3, -0.25) is 9.20 Å². The average Bonchev–Trinajstić information content (AvgIpc) is 2.70. The molecule has 1 aliphatic heterocycles. The van der Waals surface area contributed by atoms with Crippen LogP contribution in [0.1, 0.15) is 31.5 Å². The molecule has 1 atom stereocenters. The van der Waals surface area contributed by atoms with Crippen molar-refractivity contribution in [1.29, 1.82) is 0 Å². The van der Waals surface area contributed by atoms with Crippen molar-refractivity contribution in [3.63, 3.8) is 0 Å². The van der Waals surface area contributed by atoms with Gasteiger partial charge in [-0.05, 0) is 31.5 Å². The van der Waals surface area contributed by atoms with E-state index < -0.39 is 0 Å². The molecule has 0 aliphatic carbocycles. The number of carbonyl (C=O) groups is 1. The topological polar surface area (TPSA) is 71.3 Å². The van der Waals surface area contributed by atoms with Crippen LogP contribution in [-0.4, -0.2) is 33.1 Å². The van der Waals surface area contributed by atoms with Crippen LogP contribution in [0.15, 0.2) is 24.4 Å². The van der Waals surface area contributed by atoms with E-state index in [0.717, 1.165) is 37.3 Å². The zero-order valence-electron chi connectivity index (χ0n) is 11.4. The van der Waals surface area contributed by atoms with Gasteiger partial charge in [0.15, 0.2) is 11.5 Å². The number of fused-ring (bicyclic) bond motifs is 1. The van der Waals surface area contributed by atoms with Crippen LogP contribution in [0.5, 0.6) is 0 Å². The van der Waals surface area contributed by atoms with Gasteiger partial charge in [0, 0.05) is 6.20 Å². The highest BCUT2D eigenvalue weighted by molar-refractivity contribution is 5.81. The molecule has 2 aromatic heterocycles. The molecule has 0 radical (unpaired) electrons. The lowest BCUT2D eigenvalue weighted by atomic mass is 10.1. The van der Waals surface area contributed by atoms with Gasteiger partial charge in [0.2, 0.25) is 5.91 Å². The Bertz CT molecular complexity index is 586. The molecule has 0 aromatic carbocycles. The summed E-state index contributed by atoms with van der Waals surface area (Å²) < 4.78 is 1.89. The molecule has 0 spiro atoms. The van der Waals surface area contributed by atoms with Gasteiger partial charge in [0.1, 0.15) is 0 Å². The quantitative estimate of drug-likeness (QED) is 0.871. The number of aromatic nitrogens is 3. The van der Waals surface area contributed by atoms with Gasteiger partial charge in [-0.1, -0.05) is 18.9 Å². The van der Waals surface area contributed by atoms with Crippen LogP contribution < -0.4 is 10.6 Å². The van der Waals surface area contributed by atoms with Gasteiger partial charge >= 0.3 is 0 Å². The second kappa shape index (κ2) is 6.00. The molecule has 1 fully saturated rings. The summed E-state index contributed by atoms with van der Waals surface area (Å²) in [6.45, 7) is 1.33. The van der Waals surface area contributed by atoms with Crippen LogP contribution in [-0.2, 0) is 11.3 Å². The molecule has 106 valence electrons. The number of carbonyl (C=O) groups excluding carboxylic acids is 1. The molecule has 20 heavy (non-hydrogen) atoms. The Morgan fingerprint density at radius 2 is 2.30 bits per heavy atom. The lowest BCUT2D eigenvalue weighted by Gasteiger charge is -2.15. The summed E-state index contributed by atoms with van der Waals surface area (Å²) in [7, 11) is 0. The van der Waals surface area contributed by atoms with Crippen LogP contribution in [0.3, 0.4) is 0 Å². The van der Waals surface area contributed by atoms with E-state index in [1.807, 2.05) is 28.8 Å². The van der Waals surface area contributed by atoms with Crippen molar-refractivity contribution in [3.05, 3.63) is 30.2 Å². The fourth-order valence-electron chi connectivity index (χ4n) is 2.55. The Kier molecular flexibility index (Phi) is 3.92. The molecule has 3 rings (SSSR count). The molecule has 6 nitrogen and oxygen atoms in total. The van der Waals surface area contributed by atoms with Crippen molar-refractivity contribution in [1.82, 2.24) is 25.2 Å². The predicted octanol–water partition coefficient (Wildman–Crippen LogP) is 0.878. The molecule has 1 aliphatic rings. The van der Waals surface area contributed by atoms with Crippen molar-refractivity contribution in [2.75, 3.05) is 6.54 Å². The van der Waals surface area contributed by atoms with Crippen LogP contribution in [0.4, 0.5) is 0 Å². The van der Waals surface area contributed by atoms with E-state index in [4.69, 9.17) is 0 Å². The minimum absolute atomic E-state index is 0.0552. The first-order chi connectivity index (χ1) is 9.84. The average molecular weight is 273 g/mol. The molecule has 2 aromatic rings. The van der Waals surface area contributed by atoms with Crippen LogP contribution in [0, 0.1) is 0 Å². The highest BCUT2D eigenvalue weighted by atomic mass is 16.2. The molecule has 3 heterocycles. The first-order valence-electron chi connectivity index (χ1n) is 7.14. The number of hydrogen-bond donors (Lipinski definition) is 2. The fraction of sp³-hybridized carbons (Fsp3) is 0.500. The lowest BCUT2D eigenvalue weighted by molar-refractivity contribution is -0.123. The van der Waals surface area contributed by atoms with E-state index in [2.05, 4.69) is 20.8 Å². The fourth-order valence-corrected chi connectivity index (χ4v) is 2.55. The van der Waals surface area contributed by atoms with Crippen LogP contribution in [0.2, 0.25) is 0 Å². The van der Waals surface area contributed by atoms with Gasteiger partial charge in [0.25, 0.3) is 0 Å². The van der Waals surface area contributed by atoms with Crippen molar-refractivity contribution >= 4 is 11.6 Å². The second-order valence-electron chi connectivity index (χ2n) is 5.12. The Morgan fingerprint density at radius 3 is 3.25 bits per heavy atom. The normalized spacial score (nSPS) is 19.7. The predicted molar refractivity (Wildman–Crippen MR) is 75.1 cm³/mol. The van der Waals surface area contributed by atoms with E-state index in [0.29, 0.717) is 6.54 Å². The third kappa shape index (κ3) is 2.80. The van der Waals surface area contributed by atoms with E-state index in [1.54, 1.807) is 0 Å². The molecular formula is C14H19N5O. The molecule has 1 unspecified atom stereocenters. The second-order valence-corrected chi connectivity index (χ2v) is 5.12. The number of amides is 1. The Hall–Kier alpha value is -1.95. The smallest absolute Gasteiger partial charge is 0.237 e. The third-order valence-corrected chi connectivity index (χ3v) is 3.68. The molecule has 1 saturated heterocycles. The van der Waals surface area contributed by atoms with E-state index in [1.165, 1.54) is 6.42 Å². The molecule has 2 N–H and O–H groups in total. The maximum atomic E-state index is 12.2. The first kappa shape index (κ1) is 13.1.